The van der Waals surface area contributed by atoms with Gasteiger partial charge >= 0.3 is 51.4 Å². The number of nitrogens with zero attached hydrogens (tertiary/aromatic N) is 2. The van der Waals surface area contributed by atoms with Gasteiger partial charge in [-0.15, -0.1) is 0 Å². The van der Waals surface area contributed by atoms with Crippen molar-refractivity contribution in [1.82, 2.24) is 9.55 Å². The van der Waals surface area contributed by atoms with Crippen LogP contribution in [-0.2, 0) is 13.5 Å². The Hall–Kier alpha value is -0.644. The number of imidazole rings is 1. The molecule has 0 bridgehead atoms. The third-order valence-electron chi connectivity index (χ3n) is 3.66. The van der Waals surface area contributed by atoms with Crippen LogP contribution in [0.1, 0.15) is 21.5 Å². The maximum atomic E-state index is 14.7. The number of carboxylic acid groups (broad SMARTS) is 1. The Kier molecular flexibility index (Phi) is 6.33. The smallest absolute Gasteiger partial charge is 0.545 e. The van der Waals surface area contributed by atoms with Crippen molar-refractivity contribution in [3.63, 3.8) is 0 Å². The van der Waals surface area contributed by atoms with Gasteiger partial charge in [0.2, 0.25) is 0 Å². The molecule has 118 valence electrons. The standard InChI is InChI=1S/C16H11BrF2N2O2.K/c1-21-7-20-15-13(21)6-11(16(22)23)10(14(15)19)4-8-2-3-9(17)5-12(8)18;/h2-3,5-7H,4H2,1H3,(H,22,23);/q;+1/p-1. The summed E-state index contributed by atoms with van der Waals surface area (Å²) in [4.78, 5) is 15.3. The number of fused-ring (bicyclic) bond motifs is 1. The van der Waals surface area contributed by atoms with E-state index in [9.17, 15) is 18.7 Å². The number of carbonyl (C=O) groups excluding carboxylic acids is 1. The van der Waals surface area contributed by atoms with Crippen LogP contribution >= 0.6 is 15.9 Å². The van der Waals surface area contributed by atoms with Crippen LogP contribution in [0, 0.1) is 11.6 Å². The summed E-state index contributed by atoms with van der Waals surface area (Å²) in [6, 6.07) is 5.62. The normalized spacial score (nSPS) is 10.7. The molecule has 3 aromatic rings. The summed E-state index contributed by atoms with van der Waals surface area (Å²) in [6.07, 6.45) is 1.18. The van der Waals surface area contributed by atoms with E-state index in [4.69, 9.17) is 0 Å². The molecule has 24 heavy (non-hydrogen) atoms. The van der Waals surface area contributed by atoms with E-state index >= 15 is 0 Å². The maximum Gasteiger partial charge on any atom is 1.00 e. The zero-order chi connectivity index (χ0) is 16.7. The molecule has 0 aliphatic carbocycles. The van der Waals surface area contributed by atoms with Gasteiger partial charge in [-0.3, -0.25) is 0 Å². The van der Waals surface area contributed by atoms with Gasteiger partial charge in [0.05, 0.1) is 17.8 Å². The topological polar surface area (TPSA) is 58.0 Å². The average Bonchev–Trinajstić information content (AvgIpc) is 2.85. The summed E-state index contributed by atoms with van der Waals surface area (Å²) in [5, 5.41) is 11.4. The van der Waals surface area contributed by atoms with Gasteiger partial charge in [-0.2, -0.15) is 0 Å². The van der Waals surface area contributed by atoms with Crippen molar-refractivity contribution < 1.29 is 70.1 Å². The number of carbonyl (C=O) groups is 1. The Bertz CT molecular complexity index is 943. The molecule has 1 aromatic heterocycles. The summed E-state index contributed by atoms with van der Waals surface area (Å²) in [7, 11) is 1.63. The summed E-state index contributed by atoms with van der Waals surface area (Å²) >= 11 is 3.14. The first-order valence-corrected chi connectivity index (χ1v) is 7.45. The first-order chi connectivity index (χ1) is 10.9. The first kappa shape index (κ1) is 19.7. The molecule has 1 heterocycles. The number of aryl methyl sites for hydroxylation is 1. The SMILES string of the molecule is Cn1cnc2c(F)c(Cc3ccc(Br)cc3F)c(C(=O)[O-])cc21.[K+]. The molecule has 3 rings (SSSR count). The number of rotatable bonds is 3. The number of hydrogen-bond acceptors (Lipinski definition) is 3. The predicted octanol–water partition coefficient (Wildman–Crippen LogP) is -0.428. The Morgan fingerprint density at radius 3 is 2.67 bits per heavy atom. The maximum absolute atomic E-state index is 14.7. The van der Waals surface area contributed by atoms with Crippen LogP contribution in [0.15, 0.2) is 35.1 Å². The minimum atomic E-state index is -1.51. The van der Waals surface area contributed by atoms with E-state index in [0.29, 0.717) is 9.99 Å². The third-order valence-corrected chi connectivity index (χ3v) is 4.16. The molecule has 0 aliphatic heterocycles. The molecule has 0 unspecified atom stereocenters. The molecule has 2 aromatic carbocycles. The van der Waals surface area contributed by atoms with Crippen LogP contribution in [0.3, 0.4) is 0 Å². The van der Waals surface area contributed by atoms with Gasteiger partial charge in [-0.1, -0.05) is 22.0 Å². The molecule has 8 heteroatoms. The monoisotopic (exact) mass is 418 g/mol. The van der Waals surface area contributed by atoms with Crippen molar-refractivity contribution in [2.45, 2.75) is 6.42 Å². The van der Waals surface area contributed by atoms with Crippen molar-refractivity contribution in [3.8, 4) is 0 Å². The fraction of sp³-hybridized carbons (Fsp3) is 0.125. The molecular weight excluding hydrogens is 409 g/mol. The van der Waals surface area contributed by atoms with Crippen molar-refractivity contribution in [2.24, 2.45) is 7.05 Å². The van der Waals surface area contributed by atoms with Gasteiger partial charge in [-0.05, 0) is 23.8 Å². The zero-order valence-electron chi connectivity index (χ0n) is 12.9. The minimum absolute atomic E-state index is 0. The molecular formula is C16H10BrF2KN2O2. The fourth-order valence-electron chi connectivity index (χ4n) is 2.47. The predicted molar refractivity (Wildman–Crippen MR) is 81.9 cm³/mol. The second kappa shape index (κ2) is 7.71. The Labute approximate surface area is 187 Å². The van der Waals surface area contributed by atoms with Gasteiger partial charge in [0.15, 0.2) is 5.82 Å². The molecule has 0 N–H and O–H groups in total. The molecule has 0 amide bonds. The van der Waals surface area contributed by atoms with Crippen LogP contribution in [-0.4, -0.2) is 15.5 Å². The number of aromatic carboxylic acids is 1. The van der Waals surface area contributed by atoms with E-state index in [0.717, 1.165) is 0 Å². The Morgan fingerprint density at radius 2 is 2.04 bits per heavy atom. The van der Waals surface area contributed by atoms with E-state index in [1.807, 2.05) is 0 Å². The first-order valence-electron chi connectivity index (χ1n) is 6.66. The Morgan fingerprint density at radius 1 is 1.33 bits per heavy atom. The molecule has 0 atom stereocenters. The Balaban J connectivity index is 0.00000208. The van der Waals surface area contributed by atoms with Gasteiger partial charge in [0.25, 0.3) is 0 Å². The number of benzene rings is 2. The van der Waals surface area contributed by atoms with Crippen molar-refractivity contribution in [3.05, 3.63) is 63.4 Å². The number of halogens is 3. The zero-order valence-corrected chi connectivity index (χ0v) is 17.6. The molecule has 4 nitrogen and oxygen atoms in total. The van der Waals surface area contributed by atoms with Gasteiger partial charge in [-0.25, -0.2) is 13.8 Å². The summed E-state index contributed by atoms with van der Waals surface area (Å²) in [5.41, 5.74) is 0.120. The minimum Gasteiger partial charge on any atom is -0.545 e. The second-order valence-electron chi connectivity index (χ2n) is 5.14. The fourth-order valence-corrected chi connectivity index (χ4v) is 2.81. The number of aromatic nitrogens is 2. The van der Waals surface area contributed by atoms with Crippen LogP contribution in [0.5, 0.6) is 0 Å². The number of carboxylic acids is 1. The molecule has 0 saturated carbocycles. The van der Waals surface area contributed by atoms with Crippen molar-refractivity contribution in [1.29, 1.82) is 0 Å². The van der Waals surface area contributed by atoms with Gasteiger partial charge in [0, 0.05) is 29.1 Å². The average molecular weight is 419 g/mol. The van der Waals surface area contributed by atoms with Crippen LogP contribution < -0.4 is 56.5 Å². The van der Waals surface area contributed by atoms with Gasteiger partial charge < -0.3 is 14.5 Å². The second-order valence-corrected chi connectivity index (χ2v) is 6.06. The summed E-state index contributed by atoms with van der Waals surface area (Å²) < 4.78 is 30.7. The van der Waals surface area contributed by atoms with Crippen LogP contribution in [0.2, 0.25) is 0 Å². The van der Waals surface area contributed by atoms with Crippen molar-refractivity contribution >= 4 is 32.9 Å². The molecule has 0 fully saturated rings. The van der Waals surface area contributed by atoms with E-state index in [1.165, 1.54) is 29.1 Å². The van der Waals surface area contributed by atoms with Crippen LogP contribution in [0.4, 0.5) is 8.78 Å². The van der Waals surface area contributed by atoms with Gasteiger partial charge in [0.1, 0.15) is 11.3 Å². The van der Waals surface area contributed by atoms with Crippen LogP contribution in [0.25, 0.3) is 11.0 Å². The summed E-state index contributed by atoms with van der Waals surface area (Å²) in [5.74, 6) is -2.84. The van der Waals surface area contributed by atoms with E-state index in [-0.39, 0.29) is 80.0 Å². The number of hydrogen-bond donors (Lipinski definition) is 0. The quantitative estimate of drug-likeness (QED) is 0.542. The summed E-state index contributed by atoms with van der Waals surface area (Å²) in [6.45, 7) is 0. The van der Waals surface area contributed by atoms with E-state index in [1.54, 1.807) is 13.1 Å². The molecule has 0 aliphatic rings. The third kappa shape index (κ3) is 3.63. The molecule has 0 spiro atoms. The van der Waals surface area contributed by atoms with Crippen molar-refractivity contribution in [2.75, 3.05) is 0 Å². The van der Waals surface area contributed by atoms with E-state index < -0.39 is 17.6 Å². The molecule has 0 saturated heterocycles. The largest absolute Gasteiger partial charge is 1.00 e. The molecule has 0 radical (unpaired) electrons. The van der Waals surface area contributed by atoms with E-state index in [2.05, 4.69) is 20.9 Å².